The van der Waals surface area contributed by atoms with Gasteiger partial charge < -0.3 is 5.32 Å². The first kappa shape index (κ1) is 16.0. The van der Waals surface area contributed by atoms with Crippen LogP contribution in [0.15, 0.2) is 41.1 Å². The fourth-order valence-electron chi connectivity index (χ4n) is 2.26. The lowest BCUT2D eigenvalue weighted by Gasteiger charge is -2.22. The molecule has 0 fully saturated rings. The predicted octanol–water partition coefficient (Wildman–Crippen LogP) is 4.48. The Morgan fingerprint density at radius 2 is 1.90 bits per heavy atom. The second-order valence-electron chi connectivity index (χ2n) is 4.75. The summed E-state index contributed by atoms with van der Waals surface area (Å²) in [5.41, 5.74) is 1.13. The maximum atomic E-state index is 13.3. The number of pyridine rings is 1. The SMILES string of the molecule is CNC(c1cncc(C)c1)c1ccc(Br)cc1C(F)(F)F. The number of aromatic nitrogens is 1. The van der Waals surface area contributed by atoms with E-state index in [1.807, 2.05) is 13.0 Å². The van der Waals surface area contributed by atoms with Crippen LogP contribution >= 0.6 is 15.9 Å². The second-order valence-corrected chi connectivity index (χ2v) is 5.66. The number of rotatable bonds is 3. The number of alkyl halides is 3. The first-order chi connectivity index (χ1) is 9.82. The van der Waals surface area contributed by atoms with Crippen molar-refractivity contribution in [2.24, 2.45) is 0 Å². The van der Waals surface area contributed by atoms with Crippen molar-refractivity contribution in [2.75, 3.05) is 7.05 Å². The van der Waals surface area contributed by atoms with Crippen molar-refractivity contribution in [3.63, 3.8) is 0 Å². The molecule has 1 aromatic carbocycles. The van der Waals surface area contributed by atoms with Crippen molar-refractivity contribution in [2.45, 2.75) is 19.1 Å². The van der Waals surface area contributed by atoms with E-state index in [9.17, 15) is 13.2 Å². The van der Waals surface area contributed by atoms with Crippen LogP contribution < -0.4 is 5.32 Å². The molecule has 21 heavy (non-hydrogen) atoms. The van der Waals surface area contributed by atoms with Gasteiger partial charge in [0.2, 0.25) is 0 Å². The van der Waals surface area contributed by atoms with E-state index in [0.717, 1.165) is 11.6 Å². The standard InChI is InChI=1S/C15H14BrF3N2/c1-9-5-10(8-21-7-9)14(20-2)12-4-3-11(16)6-13(12)15(17,18)19/h3-8,14,20H,1-2H3. The highest BCUT2D eigenvalue weighted by Crippen LogP contribution is 2.38. The third kappa shape index (κ3) is 3.63. The van der Waals surface area contributed by atoms with E-state index in [2.05, 4.69) is 26.2 Å². The summed E-state index contributed by atoms with van der Waals surface area (Å²) < 4.78 is 40.2. The largest absolute Gasteiger partial charge is 0.416 e. The highest BCUT2D eigenvalue weighted by Gasteiger charge is 2.35. The van der Waals surface area contributed by atoms with Gasteiger partial charge in [0.1, 0.15) is 0 Å². The summed E-state index contributed by atoms with van der Waals surface area (Å²) in [6, 6.07) is 5.45. The number of nitrogens with one attached hydrogen (secondary N) is 1. The van der Waals surface area contributed by atoms with Gasteiger partial charge in [-0.25, -0.2) is 0 Å². The van der Waals surface area contributed by atoms with Crippen LogP contribution in [-0.4, -0.2) is 12.0 Å². The molecule has 2 nitrogen and oxygen atoms in total. The summed E-state index contributed by atoms with van der Waals surface area (Å²) >= 11 is 3.09. The molecule has 1 atom stereocenters. The maximum absolute atomic E-state index is 13.3. The Labute approximate surface area is 129 Å². The van der Waals surface area contributed by atoms with E-state index in [1.54, 1.807) is 25.5 Å². The average Bonchev–Trinajstić information content (AvgIpc) is 2.40. The van der Waals surface area contributed by atoms with E-state index >= 15 is 0 Å². The monoisotopic (exact) mass is 358 g/mol. The molecule has 0 saturated heterocycles. The van der Waals surface area contributed by atoms with Gasteiger partial charge in [-0.3, -0.25) is 4.98 Å². The van der Waals surface area contributed by atoms with Crippen LogP contribution in [0.25, 0.3) is 0 Å². The second kappa shape index (κ2) is 6.15. The molecule has 0 bridgehead atoms. The molecule has 1 heterocycles. The van der Waals surface area contributed by atoms with Crippen molar-refractivity contribution in [3.05, 3.63) is 63.4 Å². The summed E-state index contributed by atoms with van der Waals surface area (Å²) in [5.74, 6) is 0. The van der Waals surface area contributed by atoms with E-state index < -0.39 is 17.8 Å². The van der Waals surface area contributed by atoms with Crippen LogP contribution in [0.3, 0.4) is 0 Å². The number of halogens is 4. The number of benzene rings is 1. The molecule has 0 radical (unpaired) electrons. The van der Waals surface area contributed by atoms with Crippen LogP contribution in [-0.2, 0) is 6.18 Å². The van der Waals surface area contributed by atoms with Gasteiger partial charge in [0, 0.05) is 16.9 Å². The van der Waals surface area contributed by atoms with Crippen LogP contribution in [0.2, 0.25) is 0 Å². The molecule has 112 valence electrons. The Hall–Kier alpha value is -1.40. The number of aryl methyl sites for hydroxylation is 1. The Morgan fingerprint density at radius 1 is 1.19 bits per heavy atom. The Morgan fingerprint density at radius 3 is 2.48 bits per heavy atom. The number of hydrogen-bond acceptors (Lipinski definition) is 2. The lowest BCUT2D eigenvalue weighted by atomic mass is 9.94. The van der Waals surface area contributed by atoms with Crippen LogP contribution in [0.1, 0.15) is 28.3 Å². The molecule has 0 aliphatic carbocycles. The lowest BCUT2D eigenvalue weighted by molar-refractivity contribution is -0.138. The summed E-state index contributed by atoms with van der Waals surface area (Å²) in [6.45, 7) is 1.86. The quantitative estimate of drug-likeness (QED) is 0.874. The number of hydrogen-bond donors (Lipinski definition) is 1. The Bertz CT molecular complexity index is 641. The van der Waals surface area contributed by atoms with Gasteiger partial charge in [0.05, 0.1) is 11.6 Å². The minimum atomic E-state index is -4.41. The molecule has 2 rings (SSSR count). The summed E-state index contributed by atoms with van der Waals surface area (Å²) in [6.07, 6.45) is -1.16. The van der Waals surface area contributed by atoms with Gasteiger partial charge >= 0.3 is 6.18 Å². The van der Waals surface area contributed by atoms with Crippen molar-refractivity contribution < 1.29 is 13.2 Å². The zero-order chi connectivity index (χ0) is 15.6. The minimum absolute atomic E-state index is 0.181. The lowest BCUT2D eigenvalue weighted by Crippen LogP contribution is -2.22. The molecule has 0 aliphatic rings. The predicted molar refractivity (Wildman–Crippen MR) is 79.0 cm³/mol. The van der Waals surface area contributed by atoms with E-state index in [0.29, 0.717) is 10.0 Å². The van der Waals surface area contributed by atoms with Crippen LogP contribution in [0.4, 0.5) is 13.2 Å². The van der Waals surface area contributed by atoms with E-state index in [1.165, 1.54) is 6.07 Å². The number of nitrogens with zero attached hydrogens (tertiary/aromatic N) is 1. The molecular formula is C15H14BrF3N2. The van der Waals surface area contributed by atoms with Crippen LogP contribution in [0, 0.1) is 6.92 Å². The normalized spacial score (nSPS) is 13.2. The van der Waals surface area contributed by atoms with Crippen molar-refractivity contribution in [1.82, 2.24) is 10.3 Å². The first-order valence-corrected chi connectivity index (χ1v) is 7.07. The Balaban J connectivity index is 2.58. The molecule has 6 heteroatoms. The zero-order valence-electron chi connectivity index (χ0n) is 11.5. The summed E-state index contributed by atoms with van der Waals surface area (Å²) in [7, 11) is 1.63. The van der Waals surface area contributed by atoms with Crippen molar-refractivity contribution in [1.29, 1.82) is 0 Å². The first-order valence-electron chi connectivity index (χ1n) is 6.28. The van der Waals surface area contributed by atoms with Gasteiger partial charge in [-0.1, -0.05) is 28.1 Å². The Kier molecular flexibility index (Phi) is 4.68. The third-order valence-corrected chi connectivity index (χ3v) is 3.64. The molecule has 0 saturated carbocycles. The average molecular weight is 359 g/mol. The fourth-order valence-corrected chi connectivity index (χ4v) is 2.62. The van der Waals surface area contributed by atoms with Gasteiger partial charge in [-0.05, 0) is 42.8 Å². The highest BCUT2D eigenvalue weighted by atomic mass is 79.9. The topological polar surface area (TPSA) is 24.9 Å². The minimum Gasteiger partial charge on any atom is -0.309 e. The molecule has 1 aromatic heterocycles. The van der Waals surface area contributed by atoms with Gasteiger partial charge in [0.15, 0.2) is 0 Å². The maximum Gasteiger partial charge on any atom is 0.416 e. The van der Waals surface area contributed by atoms with Crippen LogP contribution in [0.5, 0.6) is 0 Å². The third-order valence-electron chi connectivity index (χ3n) is 3.15. The molecule has 0 amide bonds. The molecule has 1 unspecified atom stereocenters. The summed E-state index contributed by atoms with van der Waals surface area (Å²) in [4.78, 5) is 4.06. The molecule has 1 N–H and O–H groups in total. The zero-order valence-corrected chi connectivity index (χ0v) is 13.1. The molecule has 0 aliphatic heterocycles. The summed E-state index contributed by atoms with van der Waals surface area (Å²) in [5, 5.41) is 2.94. The van der Waals surface area contributed by atoms with Crippen molar-refractivity contribution >= 4 is 15.9 Å². The van der Waals surface area contributed by atoms with Gasteiger partial charge in [-0.2, -0.15) is 13.2 Å². The van der Waals surface area contributed by atoms with Crippen molar-refractivity contribution in [3.8, 4) is 0 Å². The van der Waals surface area contributed by atoms with Gasteiger partial charge in [0.25, 0.3) is 0 Å². The smallest absolute Gasteiger partial charge is 0.309 e. The highest BCUT2D eigenvalue weighted by molar-refractivity contribution is 9.10. The molecule has 2 aromatic rings. The van der Waals surface area contributed by atoms with Gasteiger partial charge in [-0.15, -0.1) is 0 Å². The fraction of sp³-hybridized carbons (Fsp3) is 0.267. The molecule has 0 spiro atoms. The van der Waals surface area contributed by atoms with E-state index in [-0.39, 0.29) is 5.56 Å². The van der Waals surface area contributed by atoms with E-state index in [4.69, 9.17) is 0 Å². The molecular weight excluding hydrogens is 345 g/mol.